The van der Waals surface area contributed by atoms with Gasteiger partial charge in [-0.05, 0) is 43.4 Å². The Kier molecular flexibility index (Phi) is 6.23. The molecule has 0 radical (unpaired) electrons. The van der Waals surface area contributed by atoms with E-state index >= 15 is 0 Å². The Morgan fingerprint density at radius 1 is 1.03 bits per heavy atom. The molecule has 0 bridgehead atoms. The number of hydrogen-bond acceptors (Lipinski definition) is 5. The van der Waals surface area contributed by atoms with Gasteiger partial charge in [-0.1, -0.05) is 12.1 Å². The molecule has 1 unspecified atom stereocenters. The second kappa shape index (κ2) is 8.83. The zero-order chi connectivity index (χ0) is 21.0. The number of amides is 1. The zero-order valence-electron chi connectivity index (χ0n) is 16.7. The van der Waals surface area contributed by atoms with Gasteiger partial charge in [-0.2, -0.15) is 0 Å². The zero-order valence-corrected chi connectivity index (χ0v) is 17.5. The Balaban J connectivity index is 2.01. The minimum Gasteiger partial charge on any atom is -0.497 e. The summed E-state index contributed by atoms with van der Waals surface area (Å²) in [6.45, 7) is 1.81. The van der Waals surface area contributed by atoms with Crippen molar-refractivity contribution in [1.82, 2.24) is 10.6 Å². The summed E-state index contributed by atoms with van der Waals surface area (Å²) in [7, 11) is 4.72. The first-order valence-electron chi connectivity index (χ1n) is 8.93. The predicted octanol–water partition coefficient (Wildman–Crippen LogP) is 3.14. The van der Waals surface area contributed by atoms with Crippen molar-refractivity contribution in [3.63, 3.8) is 0 Å². The SMILES string of the molecule is COc1ccc(C2NC(=S)NC(C)=C2C(=O)Nc2ccccc2OC)c(OC)c1. The molecule has 0 saturated heterocycles. The van der Waals surface area contributed by atoms with Gasteiger partial charge in [-0.25, -0.2) is 0 Å². The van der Waals surface area contributed by atoms with Crippen LogP contribution in [0.25, 0.3) is 0 Å². The van der Waals surface area contributed by atoms with Crippen molar-refractivity contribution >= 4 is 28.9 Å². The summed E-state index contributed by atoms with van der Waals surface area (Å²) in [5, 5.41) is 9.55. The van der Waals surface area contributed by atoms with Crippen LogP contribution in [-0.4, -0.2) is 32.3 Å². The molecule has 1 atom stereocenters. The number of thiocarbonyl (C=S) groups is 1. The number of anilines is 1. The molecule has 3 rings (SSSR count). The Morgan fingerprint density at radius 2 is 1.76 bits per heavy atom. The van der Waals surface area contributed by atoms with Crippen LogP contribution in [0.15, 0.2) is 53.7 Å². The van der Waals surface area contributed by atoms with Crippen molar-refractivity contribution in [3.8, 4) is 17.2 Å². The van der Waals surface area contributed by atoms with E-state index in [1.807, 2.05) is 31.2 Å². The maximum Gasteiger partial charge on any atom is 0.255 e. The second-order valence-electron chi connectivity index (χ2n) is 6.33. The molecule has 2 aromatic carbocycles. The number of nitrogens with one attached hydrogen (secondary N) is 3. The first kappa shape index (κ1) is 20.5. The highest BCUT2D eigenvalue weighted by Crippen LogP contribution is 2.36. The molecule has 0 fully saturated rings. The van der Waals surface area contributed by atoms with Crippen LogP contribution in [0.3, 0.4) is 0 Å². The summed E-state index contributed by atoms with van der Waals surface area (Å²) < 4.78 is 16.1. The van der Waals surface area contributed by atoms with Crippen molar-refractivity contribution in [1.29, 1.82) is 0 Å². The first-order chi connectivity index (χ1) is 14.0. The van der Waals surface area contributed by atoms with Gasteiger partial charge >= 0.3 is 0 Å². The third kappa shape index (κ3) is 4.27. The van der Waals surface area contributed by atoms with Gasteiger partial charge in [0.25, 0.3) is 5.91 Å². The molecule has 1 heterocycles. The number of methoxy groups -OCH3 is 3. The lowest BCUT2D eigenvalue weighted by molar-refractivity contribution is -0.113. The maximum absolute atomic E-state index is 13.2. The van der Waals surface area contributed by atoms with Crippen molar-refractivity contribution in [3.05, 3.63) is 59.3 Å². The largest absolute Gasteiger partial charge is 0.497 e. The molecule has 1 amide bonds. The standard InChI is InChI=1S/C21H23N3O4S/c1-12-18(20(25)23-15-7-5-6-8-16(15)27-3)19(24-21(29)22-12)14-10-9-13(26-2)11-17(14)28-4/h5-11,19H,1-4H3,(H,23,25)(H2,22,24,29). The van der Waals surface area contributed by atoms with Crippen LogP contribution in [0, 0.1) is 0 Å². The van der Waals surface area contributed by atoms with Crippen molar-refractivity contribution < 1.29 is 19.0 Å². The van der Waals surface area contributed by atoms with E-state index in [1.54, 1.807) is 39.5 Å². The molecule has 2 aromatic rings. The van der Waals surface area contributed by atoms with Gasteiger partial charge in [0.05, 0.1) is 38.6 Å². The maximum atomic E-state index is 13.2. The molecular formula is C21H23N3O4S. The third-order valence-electron chi connectivity index (χ3n) is 4.62. The number of carbonyl (C=O) groups is 1. The highest BCUT2D eigenvalue weighted by atomic mass is 32.1. The fraction of sp³-hybridized carbons (Fsp3) is 0.238. The van der Waals surface area contributed by atoms with Crippen LogP contribution < -0.4 is 30.2 Å². The molecule has 0 aromatic heterocycles. The summed E-state index contributed by atoms with van der Waals surface area (Å²) in [6.07, 6.45) is 0. The normalized spacial score (nSPS) is 15.9. The van der Waals surface area contributed by atoms with Gasteiger partial charge in [-0.15, -0.1) is 0 Å². The number of rotatable bonds is 6. The third-order valence-corrected chi connectivity index (χ3v) is 4.84. The van der Waals surface area contributed by atoms with Crippen LogP contribution in [0.2, 0.25) is 0 Å². The van der Waals surface area contributed by atoms with E-state index < -0.39 is 6.04 Å². The van der Waals surface area contributed by atoms with E-state index in [0.29, 0.717) is 39.3 Å². The Hall–Kier alpha value is -3.26. The van der Waals surface area contributed by atoms with Gasteiger partial charge in [0.1, 0.15) is 17.2 Å². The molecule has 29 heavy (non-hydrogen) atoms. The summed E-state index contributed by atoms with van der Waals surface area (Å²) in [5.74, 6) is 1.53. The number of benzene rings is 2. The van der Waals surface area contributed by atoms with Gasteiger partial charge in [-0.3, -0.25) is 4.79 Å². The number of hydrogen-bond donors (Lipinski definition) is 3. The molecule has 1 aliphatic heterocycles. The minimum absolute atomic E-state index is 0.280. The highest BCUT2D eigenvalue weighted by molar-refractivity contribution is 7.80. The average molecular weight is 413 g/mol. The minimum atomic E-state index is -0.501. The number of allylic oxidation sites excluding steroid dienone is 1. The van der Waals surface area contributed by atoms with E-state index in [4.69, 9.17) is 26.4 Å². The van der Waals surface area contributed by atoms with Crippen molar-refractivity contribution in [2.24, 2.45) is 0 Å². The smallest absolute Gasteiger partial charge is 0.255 e. The van der Waals surface area contributed by atoms with E-state index in [1.165, 1.54) is 0 Å². The Labute approximate surface area is 175 Å². The fourth-order valence-electron chi connectivity index (χ4n) is 3.22. The van der Waals surface area contributed by atoms with Crippen molar-refractivity contribution in [2.75, 3.05) is 26.6 Å². The molecule has 8 heteroatoms. The van der Waals surface area contributed by atoms with Crippen molar-refractivity contribution in [2.45, 2.75) is 13.0 Å². The summed E-state index contributed by atoms with van der Waals surface area (Å²) in [5.41, 5.74) is 2.49. The number of carbonyl (C=O) groups excluding carboxylic acids is 1. The quantitative estimate of drug-likeness (QED) is 0.628. The Morgan fingerprint density at radius 3 is 2.45 bits per heavy atom. The van der Waals surface area contributed by atoms with Crippen LogP contribution >= 0.6 is 12.2 Å². The molecule has 3 N–H and O–H groups in total. The van der Waals surface area contributed by atoms with E-state index in [2.05, 4.69) is 16.0 Å². The van der Waals surface area contributed by atoms with Crippen LogP contribution in [0.4, 0.5) is 5.69 Å². The Bertz CT molecular complexity index is 974. The predicted molar refractivity (Wildman–Crippen MR) is 115 cm³/mol. The first-order valence-corrected chi connectivity index (χ1v) is 9.34. The van der Waals surface area contributed by atoms with E-state index in [9.17, 15) is 4.79 Å². The topological polar surface area (TPSA) is 80.9 Å². The van der Waals surface area contributed by atoms with E-state index in [0.717, 1.165) is 5.56 Å². The summed E-state index contributed by atoms with van der Waals surface area (Å²) in [4.78, 5) is 13.2. The highest BCUT2D eigenvalue weighted by Gasteiger charge is 2.32. The van der Waals surface area contributed by atoms with Gasteiger partial charge in [0.2, 0.25) is 0 Å². The molecule has 0 spiro atoms. The number of para-hydroxylation sites is 2. The molecule has 0 aliphatic carbocycles. The molecule has 7 nitrogen and oxygen atoms in total. The summed E-state index contributed by atoms with van der Waals surface area (Å²) >= 11 is 5.32. The van der Waals surface area contributed by atoms with E-state index in [-0.39, 0.29) is 5.91 Å². The van der Waals surface area contributed by atoms with Crippen LogP contribution in [0.5, 0.6) is 17.2 Å². The lowest BCUT2D eigenvalue weighted by Gasteiger charge is -2.31. The molecule has 0 saturated carbocycles. The second-order valence-corrected chi connectivity index (χ2v) is 6.74. The monoisotopic (exact) mass is 413 g/mol. The number of ether oxygens (including phenoxy) is 3. The molecular weight excluding hydrogens is 390 g/mol. The van der Waals surface area contributed by atoms with Gasteiger partial charge in [0, 0.05) is 17.3 Å². The van der Waals surface area contributed by atoms with Crippen LogP contribution in [0.1, 0.15) is 18.5 Å². The van der Waals surface area contributed by atoms with Gasteiger partial charge < -0.3 is 30.2 Å². The van der Waals surface area contributed by atoms with Gasteiger partial charge in [0.15, 0.2) is 5.11 Å². The molecule has 152 valence electrons. The fourth-order valence-corrected chi connectivity index (χ4v) is 3.49. The lowest BCUT2D eigenvalue weighted by atomic mass is 9.94. The average Bonchev–Trinajstić information content (AvgIpc) is 2.72. The summed E-state index contributed by atoms with van der Waals surface area (Å²) in [6, 6.07) is 12.2. The lowest BCUT2D eigenvalue weighted by Crippen LogP contribution is -2.45. The van der Waals surface area contributed by atoms with Crippen LogP contribution in [-0.2, 0) is 4.79 Å². The molecule has 1 aliphatic rings.